The molecule has 132 valence electrons. The van der Waals surface area contributed by atoms with E-state index in [0.717, 1.165) is 17.3 Å². The summed E-state index contributed by atoms with van der Waals surface area (Å²) in [5.74, 6) is 3.65. The first-order chi connectivity index (χ1) is 11.1. The Labute approximate surface area is 158 Å². The van der Waals surface area contributed by atoms with Crippen LogP contribution in [0.5, 0.6) is 11.5 Å². The van der Waals surface area contributed by atoms with E-state index in [1.54, 1.807) is 21.3 Å². The van der Waals surface area contributed by atoms with Crippen molar-refractivity contribution in [3.63, 3.8) is 0 Å². The van der Waals surface area contributed by atoms with Crippen LogP contribution in [-0.4, -0.2) is 42.0 Å². The molecule has 0 spiro atoms. The third-order valence-corrected chi connectivity index (χ3v) is 3.47. The number of benzene rings is 1. The van der Waals surface area contributed by atoms with Crippen LogP contribution >= 0.6 is 24.0 Å². The van der Waals surface area contributed by atoms with Gasteiger partial charge in [0.05, 0.1) is 20.8 Å². The second-order valence-electron chi connectivity index (χ2n) is 4.84. The Kier molecular flexibility index (Phi) is 7.75. The number of guanidine groups is 1. The standard InChI is InChI=1S/C15H22N6O2.HI/c1-10-19-20-14(21(10)3)9-17-15(16-2)18-11-6-7-12(22-4)13(8-11)23-5;/h6-8H,9H2,1-5H3,(H2,16,17,18);1H. The molecule has 0 saturated heterocycles. The number of nitrogens with one attached hydrogen (secondary N) is 2. The monoisotopic (exact) mass is 446 g/mol. The molecule has 0 unspecified atom stereocenters. The highest BCUT2D eigenvalue weighted by molar-refractivity contribution is 14.0. The van der Waals surface area contributed by atoms with Gasteiger partial charge >= 0.3 is 0 Å². The highest BCUT2D eigenvalue weighted by atomic mass is 127. The van der Waals surface area contributed by atoms with Crippen LogP contribution in [0.25, 0.3) is 0 Å². The Hall–Kier alpha value is -2.04. The molecule has 24 heavy (non-hydrogen) atoms. The largest absolute Gasteiger partial charge is 0.493 e. The fourth-order valence-corrected chi connectivity index (χ4v) is 2.00. The normalized spacial score (nSPS) is 10.8. The quantitative estimate of drug-likeness (QED) is 0.415. The summed E-state index contributed by atoms with van der Waals surface area (Å²) in [5.41, 5.74) is 0.838. The van der Waals surface area contributed by atoms with Crippen molar-refractivity contribution in [2.24, 2.45) is 12.0 Å². The van der Waals surface area contributed by atoms with E-state index >= 15 is 0 Å². The highest BCUT2D eigenvalue weighted by Gasteiger charge is 2.08. The van der Waals surface area contributed by atoms with Crippen LogP contribution in [0.3, 0.4) is 0 Å². The minimum Gasteiger partial charge on any atom is -0.493 e. The van der Waals surface area contributed by atoms with Crippen molar-refractivity contribution < 1.29 is 9.47 Å². The van der Waals surface area contributed by atoms with Crippen molar-refractivity contribution in [3.05, 3.63) is 29.8 Å². The lowest BCUT2D eigenvalue weighted by molar-refractivity contribution is 0.355. The Bertz CT molecular complexity index is 701. The molecule has 0 radical (unpaired) electrons. The molecule has 0 amide bonds. The molecule has 0 aliphatic rings. The van der Waals surface area contributed by atoms with E-state index < -0.39 is 0 Å². The molecular formula is C15H23IN6O2. The molecular weight excluding hydrogens is 423 g/mol. The lowest BCUT2D eigenvalue weighted by atomic mass is 10.3. The first-order valence-electron chi connectivity index (χ1n) is 7.13. The number of ether oxygens (including phenoxy) is 2. The number of rotatable bonds is 5. The molecule has 8 nitrogen and oxygen atoms in total. The molecule has 0 fully saturated rings. The van der Waals surface area contributed by atoms with Gasteiger partial charge in [-0.3, -0.25) is 4.99 Å². The molecule has 1 aromatic carbocycles. The van der Waals surface area contributed by atoms with Crippen LogP contribution in [0.4, 0.5) is 5.69 Å². The molecule has 9 heteroatoms. The van der Waals surface area contributed by atoms with Crippen LogP contribution in [-0.2, 0) is 13.6 Å². The molecule has 1 heterocycles. The van der Waals surface area contributed by atoms with Gasteiger partial charge in [-0.15, -0.1) is 34.2 Å². The Balaban J connectivity index is 0.00000288. The number of hydrogen-bond acceptors (Lipinski definition) is 5. The zero-order valence-corrected chi connectivity index (χ0v) is 16.8. The lowest BCUT2D eigenvalue weighted by Gasteiger charge is -2.14. The van der Waals surface area contributed by atoms with Crippen molar-refractivity contribution in [2.45, 2.75) is 13.5 Å². The van der Waals surface area contributed by atoms with Crippen LogP contribution < -0.4 is 20.1 Å². The number of anilines is 1. The van der Waals surface area contributed by atoms with Gasteiger partial charge in [0, 0.05) is 25.8 Å². The third-order valence-electron chi connectivity index (χ3n) is 3.47. The summed E-state index contributed by atoms with van der Waals surface area (Å²) in [6.45, 7) is 2.43. The van der Waals surface area contributed by atoms with E-state index in [0.29, 0.717) is 24.0 Å². The molecule has 0 atom stereocenters. The first-order valence-corrected chi connectivity index (χ1v) is 7.13. The van der Waals surface area contributed by atoms with E-state index in [1.807, 2.05) is 36.7 Å². The maximum Gasteiger partial charge on any atom is 0.195 e. The van der Waals surface area contributed by atoms with E-state index in [1.165, 1.54) is 0 Å². The second-order valence-corrected chi connectivity index (χ2v) is 4.84. The summed E-state index contributed by atoms with van der Waals surface area (Å²) >= 11 is 0. The van der Waals surface area contributed by atoms with E-state index in [9.17, 15) is 0 Å². The van der Waals surface area contributed by atoms with Crippen LogP contribution in [0.1, 0.15) is 11.6 Å². The van der Waals surface area contributed by atoms with E-state index in [2.05, 4.69) is 25.8 Å². The molecule has 0 bridgehead atoms. The summed E-state index contributed by atoms with van der Waals surface area (Å²) in [7, 11) is 6.84. The SMILES string of the molecule is CN=C(NCc1nnc(C)n1C)Nc1ccc(OC)c(OC)c1.I. The molecule has 2 rings (SSSR count). The summed E-state index contributed by atoms with van der Waals surface area (Å²) in [5, 5.41) is 14.5. The van der Waals surface area contributed by atoms with E-state index in [-0.39, 0.29) is 24.0 Å². The second kappa shape index (κ2) is 9.30. The molecule has 0 saturated carbocycles. The summed E-state index contributed by atoms with van der Waals surface area (Å²) < 4.78 is 12.4. The van der Waals surface area contributed by atoms with Crippen molar-refractivity contribution in [1.29, 1.82) is 0 Å². The number of halogens is 1. The highest BCUT2D eigenvalue weighted by Crippen LogP contribution is 2.29. The van der Waals surface area contributed by atoms with Crippen molar-refractivity contribution in [3.8, 4) is 11.5 Å². The van der Waals surface area contributed by atoms with Crippen molar-refractivity contribution in [1.82, 2.24) is 20.1 Å². The number of methoxy groups -OCH3 is 2. The molecule has 2 aromatic rings. The summed E-state index contributed by atoms with van der Waals surface area (Å²) in [6.07, 6.45) is 0. The minimum absolute atomic E-state index is 0. The summed E-state index contributed by atoms with van der Waals surface area (Å²) in [6, 6.07) is 5.57. The molecule has 1 aromatic heterocycles. The number of aromatic nitrogens is 3. The predicted octanol–water partition coefficient (Wildman–Crippen LogP) is 1.95. The van der Waals surface area contributed by atoms with Gasteiger partial charge in [0.2, 0.25) is 0 Å². The molecule has 0 aliphatic heterocycles. The maximum absolute atomic E-state index is 5.29. The van der Waals surface area contributed by atoms with Gasteiger partial charge in [0.25, 0.3) is 0 Å². The average molecular weight is 446 g/mol. The number of nitrogens with zero attached hydrogens (tertiary/aromatic N) is 4. The van der Waals surface area contributed by atoms with Gasteiger partial charge in [0.15, 0.2) is 23.3 Å². The Morgan fingerprint density at radius 3 is 2.46 bits per heavy atom. The van der Waals surface area contributed by atoms with Crippen LogP contribution in [0.2, 0.25) is 0 Å². The Morgan fingerprint density at radius 1 is 1.21 bits per heavy atom. The predicted molar refractivity (Wildman–Crippen MR) is 105 cm³/mol. The number of hydrogen-bond donors (Lipinski definition) is 2. The van der Waals surface area contributed by atoms with Gasteiger partial charge in [-0.1, -0.05) is 0 Å². The van der Waals surface area contributed by atoms with Gasteiger partial charge < -0.3 is 24.7 Å². The topological polar surface area (TPSA) is 85.6 Å². The van der Waals surface area contributed by atoms with Crippen molar-refractivity contribution in [2.75, 3.05) is 26.6 Å². The zero-order chi connectivity index (χ0) is 16.8. The van der Waals surface area contributed by atoms with Gasteiger partial charge in [0.1, 0.15) is 5.82 Å². The minimum atomic E-state index is 0. The summed E-state index contributed by atoms with van der Waals surface area (Å²) in [4.78, 5) is 4.20. The average Bonchev–Trinajstić information content (AvgIpc) is 2.90. The third kappa shape index (κ3) is 4.73. The van der Waals surface area contributed by atoms with E-state index in [4.69, 9.17) is 9.47 Å². The van der Waals surface area contributed by atoms with Gasteiger partial charge in [-0.05, 0) is 19.1 Å². The maximum atomic E-state index is 5.29. The van der Waals surface area contributed by atoms with Crippen LogP contribution in [0.15, 0.2) is 23.2 Å². The van der Waals surface area contributed by atoms with Gasteiger partial charge in [-0.25, -0.2) is 0 Å². The zero-order valence-electron chi connectivity index (χ0n) is 14.5. The number of aryl methyl sites for hydroxylation is 1. The van der Waals surface area contributed by atoms with Crippen LogP contribution in [0, 0.1) is 6.92 Å². The molecule has 2 N–H and O–H groups in total. The fourth-order valence-electron chi connectivity index (χ4n) is 2.00. The van der Waals surface area contributed by atoms with Gasteiger partial charge in [-0.2, -0.15) is 0 Å². The fraction of sp³-hybridized carbons (Fsp3) is 0.400. The lowest BCUT2D eigenvalue weighted by Crippen LogP contribution is -2.31. The first kappa shape index (κ1) is 20.0. The van der Waals surface area contributed by atoms with Crippen molar-refractivity contribution >= 4 is 35.6 Å². The smallest absolute Gasteiger partial charge is 0.195 e. The Morgan fingerprint density at radius 2 is 1.92 bits per heavy atom. The number of aliphatic imine (C=N–C) groups is 1. The molecule has 0 aliphatic carbocycles.